The summed E-state index contributed by atoms with van der Waals surface area (Å²) in [6, 6.07) is 6.45. The summed E-state index contributed by atoms with van der Waals surface area (Å²) in [6.45, 7) is 1.40. The Hall–Kier alpha value is -2.93. The van der Waals surface area contributed by atoms with Crippen molar-refractivity contribution in [1.29, 1.82) is 5.26 Å². The zero-order chi connectivity index (χ0) is 19.7. The van der Waals surface area contributed by atoms with Crippen molar-refractivity contribution in [2.24, 2.45) is 0 Å². The average molecular weight is 380 g/mol. The quantitative estimate of drug-likeness (QED) is 0.533. The lowest BCUT2D eigenvalue weighted by molar-refractivity contribution is -0.122. The van der Waals surface area contributed by atoms with E-state index in [0.29, 0.717) is 5.69 Å². The Morgan fingerprint density at radius 2 is 1.81 bits per heavy atom. The average Bonchev–Trinajstić information content (AvgIpc) is 2.53. The highest BCUT2D eigenvalue weighted by molar-refractivity contribution is 7.90. The van der Waals surface area contributed by atoms with Gasteiger partial charge in [0.15, 0.2) is 0 Å². The number of carbonyl (C=O) groups excluding carboxylic acids is 3. The summed E-state index contributed by atoms with van der Waals surface area (Å²) in [5.41, 5.74) is 0.693. The molecule has 0 saturated heterocycles. The van der Waals surface area contributed by atoms with Gasteiger partial charge in [0.1, 0.15) is 15.9 Å². The van der Waals surface area contributed by atoms with Gasteiger partial charge in [0.2, 0.25) is 11.8 Å². The van der Waals surface area contributed by atoms with Crippen molar-refractivity contribution < 1.29 is 22.8 Å². The second kappa shape index (κ2) is 9.53. The first kappa shape index (κ1) is 21.1. The maximum atomic E-state index is 12.3. The number of nitrogens with zero attached hydrogens (tertiary/aromatic N) is 1. The molecule has 1 aromatic carbocycles. The number of nitriles is 1. The maximum Gasteiger partial charge on any atom is 0.251 e. The molecule has 1 aromatic rings. The van der Waals surface area contributed by atoms with Gasteiger partial charge in [-0.2, -0.15) is 5.26 Å². The van der Waals surface area contributed by atoms with E-state index in [1.54, 1.807) is 0 Å². The molecule has 0 heterocycles. The molecule has 1 atom stereocenters. The number of benzene rings is 1. The predicted molar refractivity (Wildman–Crippen MR) is 95.0 cm³/mol. The van der Waals surface area contributed by atoms with Gasteiger partial charge in [0, 0.05) is 31.0 Å². The van der Waals surface area contributed by atoms with E-state index in [1.165, 1.54) is 31.2 Å². The number of carbonyl (C=O) groups is 3. The summed E-state index contributed by atoms with van der Waals surface area (Å²) in [5, 5.41) is 15.8. The fourth-order valence-corrected chi connectivity index (χ4v) is 2.84. The van der Waals surface area contributed by atoms with E-state index in [0.717, 1.165) is 6.26 Å². The molecule has 0 aliphatic carbocycles. The topological polar surface area (TPSA) is 145 Å². The van der Waals surface area contributed by atoms with Crippen LogP contribution in [0.1, 0.15) is 23.7 Å². The second-order valence-corrected chi connectivity index (χ2v) is 7.76. The number of hydrogen-bond donors (Lipinski definition) is 3. The summed E-state index contributed by atoms with van der Waals surface area (Å²) in [4.78, 5) is 35.4. The van der Waals surface area contributed by atoms with E-state index in [1.807, 2.05) is 6.07 Å². The van der Waals surface area contributed by atoms with Crippen molar-refractivity contribution in [2.75, 3.05) is 23.9 Å². The van der Waals surface area contributed by atoms with E-state index in [4.69, 9.17) is 5.26 Å². The van der Waals surface area contributed by atoms with E-state index < -0.39 is 33.4 Å². The van der Waals surface area contributed by atoms with Crippen LogP contribution in [0, 0.1) is 11.3 Å². The minimum atomic E-state index is -3.54. The lowest BCUT2D eigenvalue weighted by Crippen LogP contribution is -2.50. The van der Waals surface area contributed by atoms with Gasteiger partial charge in [-0.15, -0.1) is 0 Å². The molecule has 9 nitrogen and oxygen atoms in total. The Labute approximate surface area is 151 Å². The number of anilines is 1. The lowest BCUT2D eigenvalue weighted by atomic mass is 10.1. The van der Waals surface area contributed by atoms with Crippen LogP contribution >= 0.6 is 0 Å². The summed E-state index contributed by atoms with van der Waals surface area (Å²) < 4.78 is 23.0. The first-order chi connectivity index (χ1) is 12.1. The van der Waals surface area contributed by atoms with Crippen molar-refractivity contribution in [3.8, 4) is 6.07 Å². The number of nitrogens with one attached hydrogen (secondary N) is 3. The van der Waals surface area contributed by atoms with Gasteiger partial charge < -0.3 is 16.0 Å². The zero-order valence-corrected chi connectivity index (χ0v) is 15.2. The van der Waals surface area contributed by atoms with Gasteiger partial charge in [-0.1, -0.05) is 0 Å². The molecule has 140 valence electrons. The largest absolute Gasteiger partial charge is 0.353 e. The van der Waals surface area contributed by atoms with Gasteiger partial charge in [0.05, 0.1) is 18.2 Å². The summed E-state index contributed by atoms with van der Waals surface area (Å²) >= 11 is 0. The molecule has 0 aliphatic heterocycles. The van der Waals surface area contributed by atoms with Gasteiger partial charge in [-0.25, -0.2) is 8.42 Å². The van der Waals surface area contributed by atoms with Gasteiger partial charge in [-0.05, 0) is 24.3 Å². The SMILES string of the molecule is CC(=O)Nc1ccc(C(=O)NC(CS(C)(=O)=O)C(=O)NCCC#N)cc1. The number of hydrogen-bond acceptors (Lipinski definition) is 6. The van der Waals surface area contributed by atoms with Gasteiger partial charge >= 0.3 is 0 Å². The number of amides is 3. The molecule has 0 spiro atoms. The van der Waals surface area contributed by atoms with Crippen LogP contribution in [0.25, 0.3) is 0 Å². The Morgan fingerprint density at radius 1 is 1.19 bits per heavy atom. The normalized spacial score (nSPS) is 11.7. The molecule has 0 aliphatic rings. The number of sulfone groups is 1. The monoisotopic (exact) mass is 380 g/mol. The Bertz CT molecular complexity index is 812. The molecule has 0 radical (unpaired) electrons. The van der Waals surface area contributed by atoms with Crippen molar-refractivity contribution in [2.45, 2.75) is 19.4 Å². The van der Waals surface area contributed by atoms with E-state index in [2.05, 4.69) is 16.0 Å². The van der Waals surface area contributed by atoms with Crippen molar-refractivity contribution in [3.05, 3.63) is 29.8 Å². The highest BCUT2D eigenvalue weighted by atomic mass is 32.2. The minimum absolute atomic E-state index is 0.0525. The third-order valence-corrected chi connectivity index (χ3v) is 4.03. The Kier molecular flexibility index (Phi) is 7.74. The van der Waals surface area contributed by atoms with Crippen molar-refractivity contribution >= 4 is 33.2 Å². The van der Waals surface area contributed by atoms with Crippen LogP contribution in [0.5, 0.6) is 0 Å². The van der Waals surface area contributed by atoms with E-state index in [9.17, 15) is 22.8 Å². The Morgan fingerprint density at radius 3 is 2.31 bits per heavy atom. The molecule has 3 N–H and O–H groups in total. The van der Waals surface area contributed by atoms with Gasteiger partial charge in [-0.3, -0.25) is 14.4 Å². The smallest absolute Gasteiger partial charge is 0.251 e. The van der Waals surface area contributed by atoms with E-state index in [-0.39, 0.29) is 24.4 Å². The van der Waals surface area contributed by atoms with Crippen molar-refractivity contribution in [3.63, 3.8) is 0 Å². The number of rotatable bonds is 8. The first-order valence-electron chi connectivity index (χ1n) is 7.63. The molecule has 0 saturated carbocycles. The summed E-state index contributed by atoms with van der Waals surface area (Å²) in [6.07, 6.45) is 1.02. The molecule has 0 fully saturated rings. The highest BCUT2D eigenvalue weighted by Gasteiger charge is 2.25. The molecule has 10 heteroatoms. The summed E-state index contributed by atoms with van der Waals surface area (Å²) in [7, 11) is -3.54. The standard InChI is InChI=1S/C16H20N4O5S/c1-11(21)19-13-6-4-12(5-7-13)15(22)20-14(10-26(2,24)25)16(23)18-9-3-8-17/h4-7,14H,3,9-10H2,1-2H3,(H,18,23)(H,19,21)(H,20,22). The van der Waals surface area contributed by atoms with Crippen LogP contribution in [-0.2, 0) is 19.4 Å². The molecule has 1 unspecified atom stereocenters. The van der Waals surface area contributed by atoms with Crippen LogP contribution < -0.4 is 16.0 Å². The third kappa shape index (κ3) is 7.76. The third-order valence-electron chi connectivity index (χ3n) is 3.09. The summed E-state index contributed by atoms with van der Waals surface area (Å²) in [5.74, 6) is -2.15. The molecule has 0 bridgehead atoms. The molecule has 26 heavy (non-hydrogen) atoms. The maximum absolute atomic E-state index is 12.3. The van der Waals surface area contributed by atoms with Crippen LogP contribution in [0.2, 0.25) is 0 Å². The molecular formula is C16H20N4O5S. The fraction of sp³-hybridized carbons (Fsp3) is 0.375. The van der Waals surface area contributed by atoms with Crippen LogP contribution in [0.4, 0.5) is 5.69 Å². The first-order valence-corrected chi connectivity index (χ1v) is 9.69. The predicted octanol–water partition coefficient (Wildman–Crippen LogP) is -0.182. The second-order valence-electron chi connectivity index (χ2n) is 5.58. The minimum Gasteiger partial charge on any atom is -0.353 e. The Balaban J connectivity index is 2.85. The molecular weight excluding hydrogens is 360 g/mol. The van der Waals surface area contributed by atoms with Crippen molar-refractivity contribution in [1.82, 2.24) is 10.6 Å². The zero-order valence-electron chi connectivity index (χ0n) is 14.4. The van der Waals surface area contributed by atoms with Gasteiger partial charge in [0.25, 0.3) is 5.91 Å². The van der Waals surface area contributed by atoms with Crippen LogP contribution in [0.3, 0.4) is 0 Å². The molecule has 1 rings (SSSR count). The highest BCUT2D eigenvalue weighted by Crippen LogP contribution is 2.10. The van der Waals surface area contributed by atoms with E-state index >= 15 is 0 Å². The lowest BCUT2D eigenvalue weighted by Gasteiger charge is -2.17. The van der Waals surface area contributed by atoms with Crippen LogP contribution in [-0.4, -0.2) is 50.7 Å². The molecule has 3 amide bonds. The fourth-order valence-electron chi connectivity index (χ4n) is 2.00. The molecule has 0 aromatic heterocycles. The van der Waals surface area contributed by atoms with Crippen LogP contribution in [0.15, 0.2) is 24.3 Å².